The summed E-state index contributed by atoms with van der Waals surface area (Å²) in [4.78, 5) is 33.2. The zero-order chi connectivity index (χ0) is 22.5. The number of hydrogen-bond donors (Lipinski definition) is 0. The smallest absolute Gasteiger partial charge is 0.273 e. The first kappa shape index (κ1) is 22.2. The van der Waals surface area contributed by atoms with Crippen LogP contribution in [0.5, 0.6) is 5.75 Å². The van der Waals surface area contributed by atoms with Gasteiger partial charge in [0, 0.05) is 36.6 Å². The lowest BCUT2D eigenvalue weighted by atomic mass is 10.1. The second kappa shape index (κ2) is 10.1. The molecule has 0 aliphatic carbocycles. The van der Waals surface area contributed by atoms with Crippen molar-refractivity contribution in [3.63, 3.8) is 0 Å². The minimum Gasteiger partial charge on any atom is -0.486 e. The van der Waals surface area contributed by atoms with Gasteiger partial charge in [-0.2, -0.15) is 0 Å². The highest BCUT2D eigenvalue weighted by molar-refractivity contribution is 7.09. The first-order valence-electron chi connectivity index (χ1n) is 10.1. The molecule has 4 rings (SSSR count). The van der Waals surface area contributed by atoms with Gasteiger partial charge in [0.15, 0.2) is 0 Å². The van der Waals surface area contributed by atoms with Crippen LogP contribution in [0.2, 0.25) is 5.02 Å². The molecule has 3 aromatic rings. The Balaban J connectivity index is 1.26. The molecule has 2 aromatic carbocycles. The van der Waals surface area contributed by atoms with E-state index in [9.17, 15) is 14.0 Å². The van der Waals surface area contributed by atoms with Crippen LogP contribution >= 0.6 is 22.9 Å². The first-order valence-corrected chi connectivity index (χ1v) is 11.4. The van der Waals surface area contributed by atoms with E-state index >= 15 is 0 Å². The summed E-state index contributed by atoms with van der Waals surface area (Å²) in [6.45, 7) is 2.08. The third kappa shape index (κ3) is 5.63. The molecule has 166 valence electrons. The average molecular weight is 474 g/mol. The van der Waals surface area contributed by atoms with Crippen LogP contribution in [0.25, 0.3) is 0 Å². The predicted octanol–water partition coefficient (Wildman–Crippen LogP) is 4.04. The van der Waals surface area contributed by atoms with Gasteiger partial charge in [-0.15, -0.1) is 11.3 Å². The Kier molecular flexibility index (Phi) is 7.02. The maximum atomic E-state index is 13.0. The zero-order valence-corrected chi connectivity index (χ0v) is 18.7. The fraction of sp³-hybridized carbons (Fsp3) is 0.261. The molecular weight excluding hydrogens is 453 g/mol. The average Bonchev–Trinajstić information content (AvgIpc) is 3.29. The van der Waals surface area contributed by atoms with Gasteiger partial charge in [-0.25, -0.2) is 9.37 Å². The molecule has 2 heterocycles. The number of hydrogen-bond acceptors (Lipinski definition) is 5. The molecule has 9 heteroatoms. The maximum absolute atomic E-state index is 13.0. The van der Waals surface area contributed by atoms with Crippen molar-refractivity contribution in [3.05, 3.63) is 81.0 Å². The summed E-state index contributed by atoms with van der Waals surface area (Å²) in [7, 11) is 0. The lowest BCUT2D eigenvalue weighted by Crippen LogP contribution is -2.51. The van der Waals surface area contributed by atoms with Gasteiger partial charge in [0.1, 0.15) is 28.9 Å². The third-order valence-electron chi connectivity index (χ3n) is 5.14. The monoisotopic (exact) mass is 473 g/mol. The Morgan fingerprint density at radius 1 is 1.00 bits per heavy atom. The van der Waals surface area contributed by atoms with Gasteiger partial charge in [0.05, 0.1) is 6.42 Å². The summed E-state index contributed by atoms with van der Waals surface area (Å²) in [6, 6.07) is 13.0. The van der Waals surface area contributed by atoms with Gasteiger partial charge >= 0.3 is 0 Å². The number of carbonyl (C=O) groups is 2. The molecule has 0 spiro atoms. The van der Waals surface area contributed by atoms with E-state index in [2.05, 4.69) is 4.98 Å². The van der Waals surface area contributed by atoms with E-state index in [-0.39, 0.29) is 30.7 Å². The van der Waals surface area contributed by atoms with Crippen molar-refractivity contribution in [2.75, 3.05) is 26.2 Å². The number of halogens is 2. The molecule has 0 radical (unpaired) electrons. The van der Waals surface area contributed by atoms with Gasteiger partial charge < -0.3 is 14.5 Å². The van der Waals surface area contributed by atoms with Gasteiger partial charge in [0.2, 0.25) is 5.91 Å². The molecule has 1 aliphatic heterocycles. The molecule has 1 aromatic heterocycles. The predicted molar refractivity (Wildman–Crippen MR) is 120 cm³/mol. The van der Waals surface area contributed by atoms with Crippen molar-refractivity contribution >= 4 is 34.8 Å². The van der Waals surface area contributed by atoms with Crippen LogP contribution in [0.3, 0.4) is 0 Å². The fourth-order valence-electron chi connectivity index (χ4n) is 3.36. The Bertz CT molecular complexity index is 1080. The summed E-state index contributed by atoms with van der Waals surface area (Å²) in [5.41, 5.74) is 1.15. The van der Waals surface area contributed by atoms with Crippen LogP contribution in [0.4, 0.5) is 4.39 Å². The Labute approximate surface area is 194 Å². The van der Waals surface area contributed by atoms with E-state index in [1.54, 1.807) is 51.6 Å². The molecule has 0 unspecified atom stereocenters. The van der Waals surface area contributed by atoms with Gasteiger partial charge in [-0.1, -0.05) is 23.7 Å². The van der Waals surface area contributed by atoms with Crippen LogP contribution in [0.1, 0.15) is 21.1 Å². The summed E-state index contributed by atoms with van der Waals surface area (Å²) in [5, 5.41) is 3.07. The van der Waals surface area contributed by atoms with Crippen LogP contribution in [0, 0.1) is 5.82 Å². The molecule has 2 amide bonds. The van der Waals surface area contributed by atoms with Crippen LogP contribution < -0.4 is 4.74 Å². The fourth-order valence-corrected chi connectivity index (χ4v) is 4.17. The van der Waals surface area contributed by atoms with Crippen LogP contribution in [-0.2, 0) is 17.8 Å². The second-order valence-corrected chi connectivity index (χ2v) is 8.72. The quantitative estimate of drug-likeness (QED) is 0.542. The van der Waals surface area contributed by atoms with E-state index in [0.717, 1.165) is 5.56 Å². The highest BCUT2D eigenvalue weighted by atomic mass is 35.5. The second-order valence-electron chi connectivity index (χ2n) is 7.35. The molecule has 32 heavy (non-hydrogen) atoms. The van der Waals surface area contributed by atoms with Crippen LogP contribution in [-0.4, -0.2) is 52.8 Å². The zero-order valence-electron chi connectivity index (χ0n) is 17.2. The molecule has 1 saturated heterocycles. The molecule has 6 nitrogen and oxygen atoms in total. The number of ether oxygens (including phenoxy) is 1. The maximum Gasteiger partial charge on any atom is 0.273 e. The van der Waals surface area contributed by atoms with Crippen molar-refractivity contribution in [1.82, 2.24) is 14.8 Å². The molecular formula is C23H21ClFN3O3S. The van der Waals surface area contributed by atoms with E-state index in [4.69, 9.17) is 16.3 Å². The lowest BCUT2D eigenvalue weighted by Gasteiger charge is -2.34. The van der Waals surface area contributed by atoms with Gasteiger partial charge in [-0.05, 0) is 42.0 Å². The Hall–Kier alpha value is -2.97. The largest absolute Gasteiger partial charge is 0.486 e. The Morgan fingerprint density at radius 2 is 1.66 bits per heavy atom. The number of amides is 2. The SMILES string of the molecule is O=C(Cc1ccc(F)cc1)N1CCN(C(=O)c2csc(COc3ccc(Cl)cc3)n2)CC1. The van der Waals surface area contributed by atoms with E-state index in [0.29, 0.717) is 47.7 Å². The first-order chi connectivity index (χ1) is 15.5. The number of nitrogens with zero attached hydrogens (tertiary/aromatic N) is 3. The number of thiazole rings is 1. The molecule has 0 saturated carbocycles. The molecule has 1 aliphatic rings. The van der Waals surface area contributed by atoms with Crippen molar-refractivity contribution in [3.8, 4) is 5.75 Å². The number of piperazine rings is 1. The standard InChI is InChI=1S/C23H21ClFN3O3S/c24-17-3-7-19(8-4-17)31-14-21-26-20(15-32-21)23(30)28-11-9-27(10-12-28)22(29)13-16-1-5-18(25)6-2-16/h1-8,15H,9-14H2. The minimum atomic E-state index is -0.324. The molecule has 0 atom stereocenters. The summed E-state index contributed by atoms with van der Waals surface area (Å²) >= 11 is 7.24. The lowest BCUT2D eigenvalue weighted by molar-refractivity contribution is -0.131. The van der Waals surface area contributed by atoms with Gasteiger partial charge in [0.25, 0.3) is 5.91 Å². The third-order valence-corrected chi connectivity index (χ3v) is 6.21. The van der Waals surface area contributed by atoms with E-state index in [1.807, 2.05) is 0 Å². The van der Waals surface area contributed by atoms with Gasteiger partial charge in [-0.3, -0.25) is 9.59 Å². The summed E-state index contributed by atoms with van der Waals surface area (Å²) in [5.74, 6) is 0.178. The normalized spacial score (nSPS) is 13.8. The molecule has 0 N–H and O–H groups in total. The summed E-state index contributed by atoms with van der Waals surface area (Å²) < 4.78 is 18.7. The molecule has 1 fully saturated rings. The van der Waals surface area contributed by atoms with Crippen molar-refractivity contribution in [2.24, 2.45) is 0 Å². The van der Waals surface area contributed by atoms with Crippen molar-refractivity contribution in [2.45, 2.75) is 13.0 Å². The summed E-state index contributed by atoms with van der Waals surface area (Å²) in [6.07, 6.45) is 0.220. The van der Waals surface area contributed by atoms with E-state index in [1.165, 1.54) is 23.5 Å². The van der Waals surface area contributed by atoms with Crippen molar-refractivity contribution < 1.29 is 18.7 Å². The van der Waals surface area contributed by atoms with Crippen molar-refractivity contribution in [1.29, 1.82) is 0 Å². The highest BCUT2D eigenvalue weighted by Gasteiger charge is 2.26. The topological polar surface area (TPSA) is 62.7 Å². The molecule has 0 bridgehead atoms. The highest BCUT2D eigenvalue weighted by Crippen LogP contribution is 2.19. The number of aromatic nitrogens is 1. The minimum absolute atomic E-state index is 0.0287. The number of carbonyl (C=O) groups excluding carboxylic acids is 2. The number of rotatable bonds is 6. The Morgan fingerprint density at radius 3 is 2.34 bits per heavy atom. The van der Waals surface area contributed by atoms with E-state index < -0.39 is 0 Å². The number of benzene rings is 2. The van der Waals surface area contributed by atoms with Crippen LogP contribution in [0.15, 0.2) is 53.9 Å².